The molecule has 1 aromatic carbocycles. The Bertz CT molecular complexity index is 1190. The maximum absolute atomic E-state index is 13.9. The van der Waals surface area contributed by atoms with Gasteiger partial charge in [-0.3, -0.25) is 9.59 Å². The Kier molecular flexibility index (Phi) is 6.43. The molecule has 1 spiro atoms. The van der Waals surface area contributed by atoms with Gasteiger partial charge in [-0.25, -0.2) is 4.79 Å². The number of cyclic esters (lactones) is 1. The Labute approximate surface area is 222 Å². The maximum Gasteiger partial charge on any atom is 0.514 e. The van der Waals surface area contributed by atoms with Gasteiger partial charge in [0.2, 0.25) is 5.60 Å². The van der Waals surface area contributed by atoms with E-state index in [1.165, 1.54) is 6.92 Å². The number of ketones is 1. The molecule has 204 valence electrons. The van der Waals surface area contributed by atoms with Gasteiger partial charge in [-0.1, -0.05) is 38.1 Å². The van der Waals surface area contributed by atoms with Crippen LogP contribution >= 0.6 is 0 Å². The molecule has 1 aromatic rings. The van der Waals surface area contributed by atoms with Gasteiger partial charge in [0, 0.05) is 17.9 Å². The number of nitrogens with one attached hydrogen (secondary N) is 1. The lowest BCUT2D eigenvalue weighted by atomic mass is 9.59. The van der Waals surface area contributed by atoms with Crippen molar-refractivity contribution >= 4 is 17.8 Å². The second-order valence-corrected chi connectivity index (χ2v) is 11.3. The summed E-state index contributed by atoms with van der Waals surface area (Å²) in [5.74, 6) is -1.71. The van der Waals surface area contributed by atoms with E-state index < -0.39 is 52.4 Å². The number of benzene rings is 1. The molecule has 38 heavy (non-hydrogen) atoms. The second-order valence-electron chi connectivity index (χ2n) is 11.3. The highest BCUT2D eigenvalue weighted by atomic mass is 16.7. The average Bonchev–Trinajstić information content (AvgIpc) is 3.49. The average molecular weight is 526 g/mol. The standard InChI is InChI=1S/C29H35NO8/c1-16-7-6-8-20-24-28(4,37-24)17(2)22-21(15-18-9-11-19(35-5)12-10-18)30-25(32)29(20,22)38-26(33)36-14-13-27(3,34)23(16)31/h6,8-14,16-17,20-22,24,34H,7,15H2,1-5H3,(H,30,32)/t16-,17-,20-,21-,22-,24-,27+,28+,29+/m0/s1. The molecule has 2 saturated heterocycles. The smallest absolute Gasteiger partial charge is 0.497 e. The van der Waals surface area contributed by atoms with Crippen molar-refractivity contribution in [3.05, 3.63) is 54.3 Å². The summed E-state index contributed by atoms with van der Waals surface area (Å²) in [4.78, 5) is 39.7. The zero-order valence-electron chi connectivity index (χ0n) is 22.3. The van der Waals surface area contributed by atoms with E-state index in [-0.39, 0.29) is 18.1 Å². The minimum absolute atomic E-state index is 0.125. The number of ether oxygens (including phenoxy) is 4. The van der Waals surface area contributed by atoms with Crippen LogP contribution in [-0.2, 0) is 30.2 Å². The highest BCUT2D eigenvalue weighted by Crippen LogP contribution is 2.63. The first-order valence-corrected chi connectivity index (χ1v) is 13.1. The lowest BCUT2D eigenvalue weighted by Crippen LogP contribution is -2.61. The minimum Gasteiger partial charge on any atom is -0.497 e. The van der Waals surface area contributed by atoms with Crippen molar-refractivity contribution in [2.45, 2.75) is 69.5 Å². The van der Waals surface area contributed by atoms with Crippen LogP contribution in [0.3, 0.4) is 0 Å². The molecular weight excluding hydrogens is 490 g/mol. The number of rotatable bonds is 3. The molecule has 9 heteroatoms. The van der Waals surface area contributed by atoms with Gasteiger partial charge in [-0.05, 0) is 56.4 Å². The van der Waals surface area contributed by atoms with Gasteiger partial charge in [0.1, 0.15) is 11.4 Å². The Balaban J connectivity index is 1.55. The fourth-order valence-corrected chi connectivity index (χ4v) is 6.65. The Morgan fingerprint density at radius 1 is 1.13 bits per heavy atom. The molecule has 2 N–H and O–H groups in total. The van der Waals surface area contributed by atoms with Gasteiger partial charge in [0.05, 0.1) is 31.0 Å². The van der Waals surface area contributed by atoms with E-state index in [1.54, 1.807) is 14.0 Å². The number of hydrogen-bond acceptors (Lipinski definition) is 8. The van der Waals surface area contributed by atoms with Crippen molar-refractivity contribution in [1.29, 1.82) is 0 Å². The number of carbonyl (C=O) groups excluding carboxylic acids is 3. The normalized spacial score (nSPS) is 42.2. The maximum atomic E-state index is 13.9. The molecule has 5 rings (SSSR count). The molecule has 0 bridgehead atoms. The third-order valence-electron chi connectivity index (χ3n) is 8.96. The lowest BCUT2D eigenvalue weighted by Gasteiger charge is -2.45. The molecule has 3 aliphatic heterocycles. The van der Waals surface area contributed by atoms with Gasteiger partial charge in [0.25, 0.3) is 5.91 Å². The Morgan fingerprint density at radius 2 is 1.84 bits per heavy atom. The summed E-state index contributed by atoms with van der Waals surface area (Å²) in [6.07, 6.45) is 5.15. The summed E-state index contributed by atoms with van der Waals surface area (Å²) in [6, 6.07) is 7.32. The van der Waals surface area contributed by atoms with Crippen LogP contribution in [-0.4, -0.2) is 59.0 Å². The van der Waals surface area contributed by atoms with E-state index in [0.717, 1.165) is 23.7 Å². The number of methoxy groups -OCH3 is 1. The zero-order valence-corrected chi connectivity index (χ0v) is 22.3. The fourth-order valence-electron chi connectivity index (χ4n) is 6.65. The fraction of sp³-hybridized carbons (Fsp3) is 0.552. The Morgan fingerprint density at radius 3 is 2.53 bits per heavy atom. The largest absolute Gasteiger partial charge is 0.514 e. The van der Waals surface area contributed by atoms with Crippen molar-refractivity contribution in [2.24, 2.45) is 23.7 Å². The number of Topliss-reactive ketones (excluding diaryl/α,β-unsaturated/α-hetero) is 1. The highest BCUT2D eigenvalue weighted by Gasteiger charge is 2.78. The number of epoxide rings is 1. The number of carbonyl (C=O) groups is 3. The molecule has 9 nitrogen and oxygen atoms in total. The number of amides is 1. The van der Waals surface area contributed by atoms with Crippen LogP contribution in [0.2, 0.25) is 0 Å². The first kappa shape index (κ1) is 26.4. The van der Waals surface area contributed by atoms with Crippen molar-refractivity contribution in [3.8, 4) is 5.75 Å². The van der Waals surface area contributed by atoms with E-state index in [0.29, 0.717) is 12.8 Å². The predicted octanol–water partition coefficient (Wildman–Crippen LogP) is 3.10. The Hall–Kier alpha value is -3.17. The number of fused-ring (bicyclic) bond motifs is 2. The SMILES string of the molecule is COc1ccc(C[C@@H]2NC(=O)[C@@]34OC(=O)OC=C[C@@](C)(O)C(=O)[C@@H](C)CC=C[C@H]3[C@@H]3O[C@]3(C)[C@@H](C)[C@@H]24)cc1. The van der Waals surface area contributed by atoms with E-state index in [4.69, 9.17) is 18.9 Å². The third kappa shape index (κ3) is 4.12. The van der Waals surface area contributed by atoms with Gasteiger partial charge >= 0.3 is 6.16 Å². The van der Waals surface area contributed by atoms with Crippen molar-refractivity contribution in [2.75, 3.05) is 7.11 Å². The molecule has 9 atom stereocenters. The van der Waals surface area contributed by atoms with Crippen molar-refractivity contribution in [1.82, 2.24) is 5.32 Å². The molecule has 3 heterocycles. The molecule has 0 aromatic heterocycles. The van der Waals surface area contributed by atoms with E-state index in [2.05, 4.69) is 5.32 Å². The van der Waals surface area contributed by atoms with Gasteiger partial charge in [-0.15, -0.1) is 0 Å². The quantitative estimate of drug-likeness (QED) is 0.351. The van der Waals surface area contributed by atoms with Gasteiger partial charge < -0.3 is 29.4 Å². The molecule has 0 radical (unpaired) electrons. The highest BCUT2D eigenvalue weighted by molar-refractivity contribution is 5.92. The number of hydrogen-bond donors (Lipinski definition) is 2. The molecule has 1 aliphatic carbocycles. The topological polar surface area (TPSA) is 124 Å². The molecule has 0 unspecified atom stereocenters. The van der Waals surface area contributed by atoms with E-state index >= 15 is 0 Å². The van der Waals surface area contributed by atoms with Crippen LogP contribution < -0.4 is 10.1 Å². The second kappa shape index (κ2) is 9.24. The van der Waals surface area contributed by atoms with Crippen molar-refractivity contribution in [3.63, 3.8) is 0 Å². The predicted molar refractivity (Wildman–Crippen MR) is 136 cm³/mol. The first-order valence-electron chi connectivity index (χ1n) is 13.1. The molecular formula is C29H35NO8. The molecule has 1 amide bonds. The molecule has 4 aliphatic rings. The zero-order chi connectivity index (χ0) is 27.5. The summed E-state index contributed by atoms with van der Waals surface area (Å²) in [5, 5.41) is 13.7. The molecule has 1 saturated carbocycles. The number of allylic oxidation sites excluding steroid dienone is 1. The van der Waals surface area contributed by atoms with Crippen LogP contribution in [0.5, 0.6) is 5.75 Å². The summed E-state index contributed by atoms with van der Waals surface area (Å²) in [5.41, 5.74) is -2.89. The van der Waals surface area contributed by atoms with E-state index in [1.807, 2.05) is 50.3 Å². The lowest BCUT2D eigenvalue weighted by molar-refractivity contribution is -0.153. The summed E-state index contributed by atoms with van der Waals surface area (Å²) in [6.45, 7) is 7.12. The summed E-state index contributed by atoms with van der Waals surface area (Å²) >= 11 is 0. The minimum atomic E-state index is -1.82. The van der Waals surface area contributed by atoms with Crippen LogP contribution in [0.4, 0.5) is 4.79 Å². The van der Waals surface area contributed by atoms with Crippen LogP contribution in [0.15, 0.2) is 48.8 Å². The first-order chi connectivity index (χ1) is 17.9. The number of aliphatic hydroxyl groups is 1. The van der Waals surface area contributed by atoms with E-state index in [9.17, 15) is 19.5 Å². The van der Waals surface area contributed by atoms with Gasteiger partial charge in [-0.2, -0.15) is 0 Å². The van der Waals surface area contributed by atoms with Gasteiger partial charge in [0.15, 0.2) is 5.78 Å². The van der Waals surface area contributed by atoms with Crippen LogP contribution in [0.25, 0.3) is 0 Å². The third-order valence-corrected chi connectivity index (χ3v) is 8.96. The van der Waals surface area contributed by atoms with Crippen LogP contribution in [0.1, 0.15) is 39.7 Å². The summed E-state index contributed by atoms with van der Waals surface area (Å²) < 4.78 is 22.6. The summed E-state index contributed by atoms with van der Waals surface area (Å²) in [7, 11) is 1.61. The van der Waals surface area contributed by atoms with Crippen molar-refractivity contribution < 1.29 is 38.4 Å². The van der Waals surface area contributed by atoms with Crippen LogP contribution in [0, 0.1) is 23.7 Å². The molecule has 3 fully saturated rings. The monoisotopic (exact) mass is 525 g/mol.